The quantitative estimate of drug-likeness (QED) is 0.279. The highest BCUT2D eigenvalue weighted by Crippen LogP contribution is 2.45. The fourth-order valence-corrected chi connectivity index (χ4v) is 5.98. The van der Waals surface area contributed by atoms with Gasteiger partial charge in [-0.05, 0) is 78.9 Å². The van der Waals surface area contributed by atoms with Crippen LogP contribution in [0.3, 0.4) is 0 Å². The van der Waals surface area contributed by atoms with E-state index in [1.807, 2.05) is 43.3 Å². The predicted octanol–water partition coefficient (Wildman–Crippen LogP) is 5.29. The molecule has 8 heteroatoms. The normalized spacial score (nSPS) is 14.1. The lowest BCUT2D eigenvalue weighted by Crippen LogP contribution is -2.34. The van der Waals surface area contributed by atoms with Crippen LogP contribution < -0.4 is 10.1 Å². The van der Waals surface area contributed by atoms with E-state index in [1.54, 1.807) is 67.0 Å². The highest BCUT2D eigenvalue weighted by atomic mass is 32.2. The smallest absolute Gasteiger partial charge is 0.251 e. The first-order chi connectivity index (χ1) is 18.9. The largest absolute Gasteiger partial charge is 0.494 e. The number of carbonyl (C=O) groups excluding carboxylic acids is 1. The van der Waals surface area contributed by atoms with E-state index in [4.69, 9.17) is 4.74 Å². The maximum atomic E-state index is 13.7. The van der Waals surface area contributed by atoms with Crippen LogP contribution in [0.25, 0.3) is 0 Å². The average Bonchev–Trinajstić information content (AvgIpc) is 3.75. The Morgan fingerprint density at radius 3 is 2.21 bits per heavy atom. The zero-order valence-electron chi connectivity index (χ0n) is 21.8. The van der Waals surface area contributed by atoms with Crippen LogP contribution >= 0.6 is 0 Å². The molecule has 0 unspecified atom stereocenters. The van der Waals surface area contributed by atoms with Gasteiger partial charge in [0, 0.05) is 31.0 Å². The topological polar surface area (TPSA) is 88.6 Å². The van der Waals surface area contributed by atoms with E-state index in [2.05, 4.69) is 10.3 Å². The molecular formula is C31H31N3O4S. The van der Waals surface area contributed by atoms with Crippen molar-refractivity contribution in [2.75, 3.05) is 6.61 Å². The molecule has 1 fully saturated rings. The van der Waals surface area contributed by atoms with Gasteiger partial charge in [-0.25, -0.2) is 8.42 Å². The number of rotatable bonds is 11. The Kier molecular flexibility index (Phi) is 7.77. The number of pyridine rings is 1. The Hall–Kier alpha value is -4.01. The molecule has 39 heavy (non-hydrogen) atoms. The minimum Gasteiger partial charge on any atom is -0.494 e. The number of nitrogens with zero attached hydrogens (tertiary/aromatic N) is 2. The van der Waals surface area contributed by atoms with Crippen LogP contribution in [-0.2, 0) is 28.7 Å². The van der Waals surface area contributed by atoms with Gasteiger partial charge >= 0.3 is 0 Å². The molecule has 4 aromatic rings. The molecule has 1 aliphatic rings. The van der Waals surface area contributed by atoms with Gasteiger partial charge in [0.25, 0.3) is 5.91 Å². The minimum atomic E-state index is -3.83. The Balaban J connectivity index is 1.34. The molecule has 1 heterocycles. The second-order valence-electron chi connectivity index (χ2n) is 9.64. The lowest BCUT2D eigenvalue weighted by atomic mass is 10.0. The number of amides is 1. The van der Waals surface area contributed by atoms with Crippen molar-refractivity contribution in [3.05, 3.63) is 126 Å². The van der Waals surface area contributed by atoms with Crippen molar-refractivity contribution >= 4 is 15.9 Å². The van der Waals surface area contributed by atoms with Gasteiger partial charge in [-0.1, -0.05) is 48.5 Å². The summed E-state index contributed by atoms with van der Waals surface area (Å²) in [7, 11) is -3.83. The maximum Gasteiger partial charge on any atom is 0.251 e. The van der Waals surface area contributed by atoms with Gasteiger partial charge in [0.2, 0.25) is 10.0 Å². The van der Waals surface area contributed by atoms with E-state index in [0.29, 0.717) is 17.9 Å². The van der Waals surface area contributed by atoms with Crippen molar-refractivity contribution in [2.24, 2.45) is 0 Å². The van der Waals surface area contributed by atoms with E-state index in [0.717, 1.165) is 29.5 Å². The highest BCUT2D eigenvalue weighted by molar-refractivity contribution is 7.89. The van der Waals surface area contributed by atoms with Crippen LogP contribution in [0, 0.1) is 0 Å². The van der Waals surface area contributed by atoms with Crippen molar-refractivity contribution < 1.29 is 17.9 Å². The van der Waals surface area contributed by atoms with Crippen LogP contribution in [0.5, 0.6) is 5.75 Å². The van der Waals surface area contributed by atoms with E-state index >= 15 is 0 Å². The van der Waals surface area contributed by atoms with Gasteiger partial charge in [0.05, 0.1) is 17.0 Å². The van der Waals surface area contributed by atoms with Gasteiger partial charge < -0.3 is 10.1 Å². The molecule has 0 aliphatic heterocycles. The molecule has 3 aromatic carbocycles. The van der Waals surface area contributed by atoms with Gasteiger partial charge in [-0.15, -0.1) is 0 Å². The Morgan fingerprint density at radius 1 is 0.897 bits per heavy atom. The molecule has 1 N–H and O–H groups in total. The third-order valence-corrected chi connectivity index (χ3v) is 8.66. The Labute approximate surface area is 229 Å². The number of hydrogen-bond donors (Lipinski definition) is 1. The number of hydrogen-bond acceptors (Lipinski definition) is 5. The number of ether oxygens (including phenoxy) is 1. The van der Waals surface area contributed by atoms with Crippen molar-refractivity contribution in [3.63, 3.8) is 0 Å². The standard InChI is InChI=1S/C31H31N3O4S/c1-2-38-28-14-16-29(17-15-28)39(36,37)34(23-25-7-6-20-32-21-25)22-24-10-12-26(13-11-24)30(35)33-31(18-19-31)27-8-4-3-5-9-27/h3-17,20-21H,2,18-19,22-23H2,1H3,(H,33,35). The molecule has 0 saturated heterocycles. The lowest BCUT2D eigenvalue weighted by Gasteiger charge is -2.23. The summed E-state index contributed by atoms with van der Waals surface area (Å²) < 4.78 is 34.3. The van der Waals surface area contributed by atoms with Crippen molar-refractivity contribution in [1.29, 1.82) is 0 Å². The number of aromatic nitrogens is 1. The summed E-state index contributed by atoms with van der Waals surface area (Å²) >= 11 is 0. The van der Waals surface area contributed by atoms with Crippen molar-refractivity contribution in [3.8, 4) is 5.75 Å². The number of sulfonamides is 1. The monoisotopic (exact) mass is 541 g/mol. The van der Waals surface area contributed by atoms with Gasteiger partial charge in [0.15, 0.2) is 0 Å². The van der Waals surface area contributed by atoms with Crippen LogP contribution in [0.1, 0.15) is 46.8 Å². The first kappa shape index (κ1) is 26.6. The first-order valence-corrected chi connectivity index (χ1v) is 14.4. The summed E-state index contributed by atoms with van der Waals surface area (Å²) in [6.45, 7) is 2.68. The molecule has 7 nitrogen and oxygen atoms in total. The van der Waals surface area contributed by atoms with Crippen LogP contribution in [0.2, 0.25) is 0 Å². The van der Waals surface area contributed by atoms with Crippen LogP contribution in [0.4, 0.5) is 0 Å². The van der Waals surface area contributed by atoms with Crippen molar-refractivity contribution in [2.45, 2.75) is 43.3 Å². The molecule has 0 bridgehead atoms. The summed E-state index contributed by atoms with van der Waals surface area (Å²) in [5, 5.41) is 3.19. The number of benzene rings is 3. The van der Waals surface area contributed by atoms with Gasteiger partial charge in [-0.2, -0.15) is 4.31 Å². The fourth-order valence-electron chi connectivity index (χ4n) is 4.57. The van der Waals surface area contributed by atoms with E-state index < -0.39 is 10.0 Å². The zero-order chi connectivity index (χ0) is 27.3. The molecule has 0 radical (unpaired) electrons. The Morgan fingerprint density at radius 2 is 1.59 bits per heavy atom. The minimum absolute atomic E-state index is 0.139. The van der Waals surface area contributed by atoms with Crippen LogP contribution in [-0.4, -0.2) is 30.2 Å². The van der Waals surface area contributed by atoms with E-state index in [-0.39, 0.29) is 29.4 Å². The third kappa shape index (κ3) is 6.19. The molecule has 0 atom stereocenters. The van der Waals surface area contributed by atoms with E-state index in [1.165, 1.54) is 4.31 Å². The molecule has 1 saturated carbocycles. The highest BCUT2D eigenvalue weighted by Gasteiger charge is 2.45. The summed E-state index contributed by atoms with van der Waals surface area (Å²) in [5.41, 5.74) is 2.89. The second kappa shape index (κ2) is 11.4. The van der Waals surface area contributed by atoms with Crippen LogP contribution in [0.15, 0.2) is 108 Å². The first-order valence-electron chi connectivity index (χ1n) is 13.0. The second-order valence-corrected chi connectivity index (χ2v) is 11.6. The summed E-state index contributed by atoms with van der Waals surface area (Å²) in [6, 6.07) is 27.2. The summed E-state index contributed by atoms with van der Waals surface area (Å²) in [6.07, 6.45) is 5.14. The molecule has 1 aliphatic carbocycles. The average molecular weight is 542 g/mol. The summed E-state index contributed by atoms with van der Waals surface area (Å²) in [4.78, 5) is 17.4. The number of carbonyl (C=O) groups is 1. The Bertz CT molecular complexity index is 1500. The SMILES string of the molecule is CCOc1ccc(S(=O)(=O)N(Cc2ccc(C(=O)NC3(c4ccccc4)CC3)cc2)Cc2cccnc2)cc1. The van der Waals surface area contributed by atoms with Gasteiger partial charge in [0.1, 0.15) is 5.75 Å². The molecule has 0 spiro atoms. The van der Waals surface area contributed by atoms with Crippen molar-refractivity contribution in [1.82, 2.24) is 14.6 Å². The fraction of sp³-hybridized carbons (Fsp3) is 0.226. The predicted molar refractivity (Wildman–Crippen MR) is 150 cm³/mol. The third-order valence-electron chi connectivity index (χ3n) is 6.86. The molecule has 1 amide bonds. The van der Waals surface area contributed by atoms with Gasteiger partial charge in [-0.3, -0.25) is 9.78 Å². The lowest BCUT2D eigenvalue weighted by molar-refractivity contribution is 0.0930. The number of nitrogens with one attached hydrogen (secondary N) is 1. The molecular weight excluding hydrogens is 510 g/mol. The molecule has 5 rings (SSSR count). The molecule has 1 aromatic heterocycles. The summed E-state index contributed by atoms with van der Waals surface area (Å²) in [5.74, 6) is 0.474. The maximum absolute atomic E-state index is 13.7. The van der Waals surface area contributed by atoms with E-state index in [9.17, 15) is 13.2 Å². The molecule has 200 valence electrons. The zero-order valence-corrected chi connectivity index (χ0v) is 22.6.